The lowest BCUT2D eigenvalue weighted by Gasteiger charge is -2.11. The van der Waals surface area contributed by atoms with E-state index in [9.17, 15) is 0 Å². The first-order chi connectivity index (χ1) is 14.0. The maximum absolute atomic E-state index is 8.99. The molecule has 0 aliphatic carbocycles. The number of hydrogen-bond donors (Lipinski definition) is 2. The summed E-state index contributed by atoms with van der Waals surface area (Å²) in [6, 6.07) is 11.8. The fourth-order valence-corrected chi connectivity index (χ4v) is 3.15. The molecule has 0 amide bonds. The Labute approximate surface area is 181 Å². The Morgan fingerprint density at radius 1 is 1.38 bits per heavy atom. The van der Waals surface area contributed by atoms with Gasteiger partial charge in [-0.25, -0.2) is 4.98 Å². The SMILES string of the molecule is CO/C(C)=C(Cl)/C=C(\C=N\O)CNc1cc(-c2ccccc2)nc2c(Br)cnn12. The molecule has 0 atom stereocenters. The minimum atomic E-state index is 0.335. The van der Waals surface area contributed by atoms with Gasteiger partial charge in [-0.05, 0) is 34.5 Å². The smallest absolute Gasteiger partial charge is 0.172 e. The predicted molar refractivity (Wildman–Crippen MR) is 119 cm³/mol. The molecule has 9 heteroatoms. The van der Waals surface area contributed by atoms with Gasteiger partial charge in [0.25, 0.3) is 0 Å². The number of ether oxygens (including phenoxy) is 1. The van der Waals surface area contributed by atoms with E-state index in [0.717, 1.165) is 21.5 Å². The van der Waals surface area contributed by atoms with Gasteiger partial charge in [-0.2, -0.15) is 9.61 Å². The number of nitrogens with zero attached hydrogens (tertiary/aromatic N) is 4. The summed E-state index contributed by atoms with van der Waals surface area (Å²) in [5.41, 5.74) is 3.12. The van der Waals surface area contributed by atoms with Gasteiger partial charge < -0.3 is 15.3 Å². The van der Waals surface area contributed by atoms with Crippen molar-refractivity contribution in [3.8, 4) is 11.3 Å². The van der Waals surface area contributed by atoms with Crippen molar-refractivity contribution in [2.24, 2.45) is 5.16 Å². The van der Waals surface area contributed by atoms with Gasteiger partial charge in [-0.15, -0.1) is 0 Å². The van der Waals surface area contributed by atoms with Crippen LogP contribution in [0.15, 0.2) is 74.7 Å². The molecule has 0 fully saturated rings. The van der Waals surface area contributed by atoms with Crippen LogP contribution in [0.3, 0.4) is 0 Å². The molecule has 0 aliphatic heterocycles. The van der Waals surface area contributed by atoms with Gasteiger partial charge in [0.05, 0.1) is 34.7 Å². The van der Waals surface area contributed by atoms with Crippen LogP contribution in [0.2, 0.25) is 0 Å². The molecular weight excluding hydrogens is 458 g/mol. The van der Waals surface area contributed by atoms with Gasteiger partial charge in [-0.1, -0.05) is 47.1 Å². The second-order valence-electron chi connectivity index (χ2n) is 6.05. The molecule has 0 saturated carbocycles. The summed E-state index contributed by atoms with van der Waals surface area (Å²) in [5.74, 6) is 1.28. The van der Waals surface area contributed by atoms with Gasteiger partial charge in [0.2, 0.25) is 0 Å². The average molecular weight is 477 g/mol. The van der Waals surface area contributed by atoms with Crippen molar-refractivity contribution < 1.29 is 9.94 Å². The number of rotatable bonds is 7. The van der Waals surface area contributed by atoms with Crippen LogP contribution >= 0.6 is 27.5 Å². The van der Waals surface area contributed by atoms with Crippen molar-refractivity contribution in [1.29, 1.82) is 0 Å². The predicted octanol–water partition coefficient (Wildman–Crippen LogP) is 5.07. The third-order valence-corrected chi connectivity index (χ3v) is 5.08. The molecule has 2 heterocycles. The highest BCUT2D eigenvalue weighted by Crippen LogP contribution is 2.26. The van der Waals surface area contributed by atoms with Crippen LogP contribution in [0, 0.1) is 0 Å². The Kier molecular flexibility index (Phi) is 6.90. The van der Waals surface area contributed by atoms with Crippen LogP contribution < -0.4 is 5.32 Å². The third-order valence-electron chi connectivity index (χ3n) is 4.15. The number of anilines is 1. The van der Waals surface area contributed by atoms with Gasteiger partial charge in [-0.3, -0.25) is 0 Å². The summed E-state index contributed by atoms with van der Waals surface area (Å²) in [5, 5.41) is 20.2. The summed E-state index contributed by atoms with van der Waals surface area (Å²) >= 11 is 9.71. The van der Waals surface area contributed by atoms with E-state index in [1.165, 1.54) is 13.3 Å². The van der Waals surface area contributed by atoms with Crippen molar-refractivity contribution in [3.05, 3.63) is 69.5 Å². The Hall–Kier alpha value is -2.84. The lowest BCUT2D eigenvalue weighted by molar-refractivity contribution is 0.292. The molecule has 0 spiro atoms. The van der Waals surface area contributed by atoms with E-state index in [2.05, 4.69) is 31.5 Å². The molecule has 0 unspecified atom stereocenters. The highest BCUT2D eigenvalue weighted by Gasteiger charge is 2.12. The van der Waals surface area contributed by atoms with Crippen LogP contribution in [-0.2, 0) is 4.74 Å². The third kappa shape index (κ3) is 4.96. The molecule has 29 heavy (non-hydrogen) atoms. The maximum Gasteiger partial charge on any atom is 0.172 e. The molecule has 0 saturated heterocycles. The van der Waals surface area contributed by atoms with E-state index < -0.39 is 0 Å². The highest BCUT2D eigenvalue weighted by molar-refractivity contribution is 9.10. The van der Waals surface area contributed by atoms with Gasteiger partial charge in [0.15, 0.2) is 5.65 Å². The van der Waals surface area contributed by atoms with Crippen molar-refractivity contribution in [1.82, 2.24) is 14.6 Å². The zero-order valence-electron chi connectivity index (χ0n) is 15.8. The maximum atomic E-state index is 8.99. The molecule has 2 aromatic heterocycles. The molecule has 150 valence electrons. The van der Waals surface area contributed by atoms with Crippen molar-refractivity contribution in [2.75, 3.05) is 19.0 Å². The van der Waals surface area contributed by atoms with Crippen LogP contribution in [-0.4, -0.2) is 39.7 Å². The Morgan fingerprint density at radius 3 is 2.83 bits per heavy atom. The second-order valence-corrected chi connectivity index (χ2v) is 7.31. The number of nitrogens with one attached hydrogen (secondary N) is 1. The minimum absolute atomic E-state index is 0.335. The molecule has 3 aromatic rings. The molecule has 0 bridgehead atoms. The van der Waals surface area contributed by atoms with Crippen LogP contribution in [0.4, 0.5) is 5.82 Å². The fourth-order valence-electron chi connectivity index (χ4n) is 2.58. The van der Waals surface area contributed by atoms with E-state index in [4.69, 9.17) is 26.5 Å². The molecule has 7 nitrogen and oxygen atoms in total. The zero-order chi connectivity index (χ0) is 20.8. The van der Waals surface area contributed by atoms with E-state index >= 15 is 0 Å². The number of oxime groups is 1. The Bertz CT molecular complexity index is 1090. The highest BCUT2D eigenvalue weighted by atomic mass is 79.9. The molecular formula is C20H19BrClN5O2. The van der Waals surface area contributed by atoms with Crippen LogP contribution in [0.25, 0.3) is 16.9 Å². The standard InChI is InChI=1S/C20H19BrClN5O2/c1-13(29-2)17(22)8-14(11-25-28)10-23-19-9-18(15-6-4-3-5-7-15)26-20-16(21)12-24-27(19)20/h3-9,11-12,23,28H,10H2,1-2H3/b14-8-,17-13-,25-11+. The molecule has 2 N–H and O–H groups in total. The van der Waals surface area contributed by atoms with E-state index in [1.54, 1.807) is 23.7 Å². The van der Waals surface area contributed by atoms with Crippen molar-refractivity contribution >= 4 is 45.2 Å². The van der Waals surface area contributed by atoms with Crippen molar-refractivity contribution in [3.63, 3.8) is 0 Å². The van der Waals surface area contributed by atoms with E-state index in [0.29, 0.717) is 28.6 Å². The summed E-state index contributed by atoms with van der Waals surface area (Å²) in [4.78, 5) is 4.70. The normalized spacial score (nSPS) is 13.0. The number of aromatic nitrogens is 3. The molecule has 0 radical (unpaired) electrons. The first-order valence-corrected chi connectivity index (χ1v) is 9.82. The van der Waals surface area contributed by atoms with Crippen molar-refractivity contribution in [2.45, 2.75) is 6.92 Å². The largest absolute Gasteiger partial charge is 0.500 e. The minimum Gasteiger partial charge on any atom is -0.500 e. The zero-order valence-corrected chi connectivity index (χ0v) is 18.1. The summed E-state index contributed by atoms with van der Waals surface area (Å²) < 4.78 is 7.61. The second kappa shape index (κ2) is 9.58. The number of hydrogen-bond acceptors (Lipinski definition) is 6. The molecule has 3 rings (SSSR count). The number of methoxy groups -OCH3 is 1. The number of allylic oxidation sites excluding steroid dienone is 3. The lowest BCUT2D eigenvalue weighted by Crippen LogP contribution is -2.11. The lowest BCUT2D eigenvalue weighted by atomic mass is 10.1. The van der Waals surface area contributed by atoms with Gasteiger partial charge in [0.1, 0.15) is 11.6 Å². The summed E-state index contributed by atoms with van der Waals surface area (Å²) in [6.45, 7) is 2.09. The topological polar surface area (TPSA) is 84.0 Å². The summed E-state index contributed by atoms with van der Waals surface area (Å²) in [6.07, 6.45) is 4.67. The Morgan fingerprint density at radius 2 is 2.14 bits per heavy atom. The average Bonchev–Trinajstić information content (AvgIpc) is 3.12. The first-order valence-electron chi connectivity index (χ1n) is 8.65. The monoisotopic (exact) mass is 475 g/mol. The van der Waals surface area contributed by atoms with E-state index in [-0.39, 0.29) is 0 Å². The van der Waals surface area contributed by atoms with Gasteiger partial charge in [0, 0.05) is 18.2 Å². The first kappa shape index (κ1) is 20.9. The van der Waals surface area contributed by atoms with Gasteiger partial charge >= 0.3 is 0 Å². The van der Waals surface area contributed by atoms with Crippen LogP contribution in [0.1, 0.15) is 6.92 Å². The number of fused-ring (bicyclic) bond motifs is 1. The molecule has 1 aromatic carbocycles. The number of benzene rings is 1. The quantitative estimate of drug-likeness (QED) is 0.163. The van der Waals surface area contributed by atoms with Crippen LogP contribution in [0.5, 0.6) is 0 Å². The fraction of sp³-hybridized carbons (Fsp3) is 0.150. The molecule has 0 aliphatic rings. The van der Waals surface area contributed by atoms with E-state index in [1.807, 2.05) is 36.4 Å². The summed E-state index contributed by atoms with van der Waals surface area (Å²) in [7, 11) is 1.54. The Balaban J connectivity index is 1.97. The number of halogens is 2.